The summed E-state index contributed by atoms with van der Waals surface area (Å²) in [5.41, 5.74) is 1.09. The van der Waals surface area contributed by atoms with Gasteiger partial charge < -0.3 is 4.74 Å². The summed E-state index contributed by atoms with van der Waals surface area (Å²) in [6.45, 7) is 2.98. The Hall–Kier alpha value is -1.38. The third-order valence-electron chi connectivity index (χ3n) is 2.11. The molecule has 1 aromatic carbocycles. The van der Waals surface area contributed by atoms with E-state index in [2.05, 4.69) is 18.2 Å². The van der Waals surface area contributed by atoms with Gasteiger partial charge >= 0.3 is 6.61 Å². The van der Waals surface area contributed by atoms with Crippen LogP contribution >= 0.6 is 0 Å². The minimum Gasteiger partial charge on any atom is -0.435 e. The molecular weight excluding hydrogens is 198 g/mol. The molecule has 0 aliphatic carbocycles. The van der Waals surface area contributed by atoms with E-state index in [1.165, 1.54) is 0 Å². The van der Waals surface area contributed by atoms with E-state index in [4.69, 9.17) is 0 Å². The van der Waals surface area contributed by atoms with E-state index in [-0.39, 0.29) is 5.75 Å². The Morgan fingerprint density at radius 1 is 1.33 bits per heavy atom. The van der Waals surface area contributed by atoms with Crippen LogP contribution in [0.15, 0.2) is 36.9 Å². The lowest BCUT2D eigenvalue weighted by Crippen LogP contribution is -2.02. The minimum absolute atomic E-state index is 0.194. The second-order valence-electron chi connectivity index (χ2n) is 3.44. The molecule has 0 aliphatic rings. The molecular formula is C12H14F2O. The molecule has 0 aromatic heterocycles. The molecule has 82 valence electrons. The molecule has 0 radical (unpaired) electrons. The Kier molecular flexibility index (Phi) is 4.28. The van der Waals surface area contributed by atoms with Gasteiger partial charge in [0, 0.05) is 0 Å². The third kappa shape index (κ3) is 4.11. The van der Waals surface area contributed by atoms with Crippen molar-refractivity contribution in [2.45, 2.75) is 20.0 Å². The van der Waals surface area contributed by atoms with Crippen LogP contribution in [0.4, 0.5) is 8.78 Å². The van der Waals surface area contributed by atoms with Crippen LogP contribution in [0.2, 0.25) is 0 Å². The number of benzene rings is 1. The zero-order valence-corrected chi connectivity index (χ0v) is 8.62. The van der Waals surface area contributed by atoms with Gasteiger partial charge in [0.05, 0.1) is 0 Å². The predicted molar refractivity (Wildman–Crippen MR) is 56.1 cm³/mol. The molecule has 0 N–H and O–H groups in total. The number of halogens is 2. The maximum Gasteiger partial charge on any atom is 0.387 e. The van der Waals surface area contributed by atoms with Gasteiger partial charge in [-0.15, -0.1) is 6.58 Å². The number of ether oxygens (including phenoxy) is 1. The molecule has 0 saturated heterocycles. The summed E-state index contributed by atoms with van der Waals surface area (Å²) in [6.07, 6.45) is 2.72. The summed E-state index contributed by atoms with van der Waals surface area (Å²) in [5, 5.41) is 0. The number of rotatable bonds is 5. The highest BCUT2D eigenvalue weighted by Crippen LogP contribution is 2.17. The summed E-state index contributed by atoms with van der Waals surface area (Å²) < 4.78 is 27.9. The Balaban J connectivity index is 2.59. The van der Waals surface area contributed by atoms with Crippen LogP contribution in [0, 0.1) is 5.92 Å². The largest absolute Gasteiger partial charge is 0.435 e. The smallest absolute Gasteiger partial charge is 0.387 e. The average molecular weight is 212 g/mol. The number of allylic oxidation sites excluding steroid dienone is 1. The molecule has 0 bridgehead atoms. The summed E-state index contributed by atoms with van der Waals surface area (Å²) in [7, 11) is 0. The van der Waals surface area contributed by atoms with Crippen LogP contribution in [-0.4, -0.2) is 6.61 Å². The molecule has 0 heterocycles. The van der Waals surface area contributed by atoms with Crippen LogP contribution in [0.25, 0.3) is 0 Å². The lowest BCUT2D eigenvalue weighted by Gasteiger charge is -2.07. The van der Waals surface area contributed by atoms with Gasteiger partial charge in [0.1, 0.15) is 5.75 Å². The highest BCUT2D eigenvalue weighted by atomic mass is 19.3. The quantitative estimate of drug-likeness (QED) is 0.677. The first kappa shape index (κ1) is 11.7. The van der Waals surface area contributed by atoms with Crippen LogP contribution in [0.5, 0.6) is 5.75 Å². The monoisotopic (exact) mass is 212 g/mol. The van der Waals surface area contributed by atoms with Gasteiger partial charge in [-0.2, -0.15) is 8.78 Å². The Bertz CT molecular complexity index is 306. The predicted octanol–water partition coefficient (Wildman–Crippen LogP) is 3.65. The lowest BCUT2D eigenvalue weighted by atomic mass is 10.0. The molecule has 1 nitrogen and oxygen atoms in total. The van der Waals surface area contributed by atoms with Gasteiger partial charge in [-0.1, -0.05) is 25.1 Å². The minimum atomic E-state index is -2.76. The first-order chi connectivity index (χ1) is 7.11. The normalized spacial score (nSPS) is 12.5. The highest BCUT2D eigenvalue weighted by Gasteiger charge is 2.04. The Morgan fingerprint density at radius 3 is 2.40 bits per heavy atom. The average Bonchev–Trinajstić information content (AvgIpc) is 2.20. The van der Waals surface area contributed by atoms with Gasteiger partial charge in [0.2, 0.25) is 0 Å². The molecule has 1 unspecified atom stereocenters. The zero-order chi connectivity index (χ0) is 11.3. The fraction of sp³-hybridized carbons (Fsp3) is 0.333. The second-order valence-corrected chi connectivity index (χ2v) is 3.44. The van der Waals surface area contributed by atoms with Crippen molar-refractivity contribution >= 4 is 0 Å². The molecule has 0 spiro atoms. The molecule has 1 aromatic rings. The van der Waals surface area contributed by atoms with Gasteiger partial charge in [0.15, 0.2) is 0 Å². The topological polar surface area (TPSA) is 9.23 Å². The van der Waals surface area contributed by atoms with Crippen molar-refractivity contribution in [1.29, 1.82) is 0 Å². The van der Waals surface area contributed by atoms with Crippen LogP contribution in [0.1, 0.15) is 12.5 Å². The first-order valence-electron chi connectivity index (χ1n) is 4.78. The maximum absolute atomic E-state index is 11.9. The number of alkyl halides is 2. The van der Waals surface area contributed by atoms with Gasteiger partial charge in [0.25, 0.3) is 0 Å². The maximum atomic E-state index is 11.9. The third-order valence-corrected chi connectivity index (χ3v) is 2.11. The molecule has 15 heavy (non-hydrogen) atoms. The second kappa shape index (κ2) is 5.49. The van der Waals surface area contributed by atoms with Gasteiger partial charge in [-0.05, 0) is 30.0 Å². The van der Waals surface area contributed by atoms with Gasteiger partial charge in [-0.3, -0.25) is 0 Å². The standard InChI is InChI=1S/C12H14F2O/c1-3-9(2)8-10-4-6-11(7-5-10)15-12(13)14/h3-7,9,12H,1,8H2,2H3. The molecule has 0 amide bonds. The van der Waals surface area contributed by atoms with E-state index < -0.39 is 6.61 Å². The van der Waals surface area contributed by atoms with Crippen molar-refractivity contribution in [3.8, 4) is 5.75 Å². The highest BCUT2D eigenvalue weighted by molar-refractivity contribution is 5.27. The molecule has 1 rings (SSSR count). The van der Waals surface area contributed by atoms with Crippen molar-refractivity contribution < 1.29 is 13.5 Å². The first-order valence-corrected chi connectivity index (χ1v) is 4.78. The summed E-state index contributed by atoms with van der Waals surface area (Å²) >= 11 is 0. The Morgan fingerprint density at radius 2 is 1.93 bits per heavy atom. The van der Waals surface area contributed by atoms with Crippen molar-refractivity contribution in [3.63, 3.8) is 0 Å². The van der Waals surface area contributed by atoms with E-state index in [0.29, 0.717) is 5.92 Å². The fourth-order valence-electron chi connectivity index (χ4n) is 1.26. The summed E-state index contributed by atoms with van der Waals surface area (Å²) in [6, 6.07) is 6.68. The molecule has 0 saturated carbocycles. The SMILES string of the molecule is C=CC(C)Cc1ccc(OC(F)F)cc1. The number of hydrogen-bond acceptors (Lipinski definition) is 1. The number of hydrogen-bond donors (Lipinski definition) is 0. The van der Waals surface area contributed by atoms with E-state index in [1.54, 1.807) is 24.3 Å². The van der Waals surface area contributed by atoms with E-state index in [1.807, 2.05) is 6.08 Å². The van der Waals surface area contributed by atoms with Crippen molar-refractivity contribution in [2.75, 3.05) is 0 Å². The summed E-state index contributed by atoms with van der Waals surface area (Å²) in [5.74, 6) is 0.576. The van der Waals surface area contributed by atoms with E-state index >= 15 is 0 Å². The molecule has 0 fully saturated rings. The zero-order valence-electron chi connectivity index (χ0n) is 8.62. The molecule has 3 heteroatoms. The van der Waals surface area contributed by atoms with E-state index in [9.17, 15) is 8.78 Å². The van der Waals surface area contributed by atoms with E-state index in [0.717, 1.165) is 12.0 Å². The van der Waals surface area contributed by atoms with Crippen molar-refractivity contribution in [3.05, 3.63) is 42.5 Å². The van der Waals surface area contributed by atoms with Crippen molar-refractivity contribution in [2.24, 2.45) is 5.92 Å². The fourth-order valence-corrected chi connectivity index (χ4v) is 1.26. The van der Waals surface area contributed by atoms with Gasteiger partial charge in [-0.25, -0.2) is 0 Å². The lowest BCUT2D eigenvalue weighted by molar-refractivity contribution is -0.0498. The Labute approximate surface area is 88.4 Å². The van der Waals surface area contributed by atoms with Crippen LogP contribution in [0.3, 0.4) is 0 Å². The molecule has 0 aliphatic heterocycles. The van der Waals surface area contributed by atoms with Crippen LogP contribution in [-0.2, 0) is 6.42 Å². The molecule has 1 atom stereocenters. The van der Waals surface area contributed by atoms with Crippen LogP contribution < -0.4 is 4.74 Å². The summed E-state index contributed by atoms with van der Waals surface area (Å²) in [4.78, 5) is 0. The van der Waals surface area contributed by atoms with Crippen molar-refractivity contribution in [1.82, 2.24) is 0 Å².